The molecule has 0 bridgehead atoms. The molecule has 1 aliphatic heterocycles. The Morgan fingerprint density at radius 2 is 2.00 bits per heavy atom. The van der Waals surface area contributed by atoms with Gasteiger partial charge in [-0.05, 0) is 36.6 Å². The van der Waals surface area contributed by atoms with Crippen molar-refractivity contribution in [1.29, 1.82) is 0 Å². The van der Waals surface area contributed by atoms with E-state index in [1.54, 1.807) is 10.8 Å². The van der Waals surface area contributed by atoms with E-state index < -0.39 is 12.0 Å². The van der Waals surface area contributed by atoms with Gasteiger partial charge in [0.25, 0.3) is 0 Å². The number of rotatable bonds is 7. The van der Waals surface area contributed by atoms with Gasteiger partial charge >= 0.3 is 5.97 Å². The number of allylic oxidation sites excluding steroid dienone is 1. The van der Waals surface area contributed by atoms with Gasteiger partial charge in [-0.15, -0.1) is 5.10 Å². The molecule has 8 heteroatoms. The number of benzene rings is 2. The number of esters is 1. The zero-order chi connectivity index (χ0) is 22.7. The highest BCUT2D eigenvalue weighted by molar-refractivity contribution is 7.98. The van der Waals surface area contributed by atoms with E-state index in [1.165, 1.54) is 11.8 Å². The number of ether oxygens (including phenoxy) is 1. The van der Waals surface area contributed by atoms with Crippen molar-refractivity contribution in [3.63, 3.8) is 0 Å². The molecule has 4 rings (SSSR count). The zero-order valence-corrected chi connectivity index (χ0v) is 19.4. The maximum atomic E-state index is 13.0. The number of anilines is 1. The van der Waals surface area contributed by atoms with E-state index in [0.717, 1.165) is 16.7 Å². The topological polar surface area (TPSA) is 69.0 Å². The van der Waals surface area contributed by atoms with Gasteiger partial charge in [-0.2, -0.15) is 4.98 Å². The first-order valence-corrected chi connectivity index (χ1v) is 11.5. The summed E-state index contributed by atoms with van der Waals surface area (Å²) >= 11 is 7.78. The van der Waals surface area contributed by atoms with Crippen molar-refractivity contribution in [3.8, 4) is 0 Å². The standard InChI is InChI=1S/C24H23ClN4O2S/c1-4-13-31-22(30)20-16(3)26-23-27-24(32-14-17-10-6-8-12-19(17)25)28-29(23)21(20)18-11-7-5-9-15(18)2/h4-12,21H,1,13-14H2,2-3H3,(H,26,27,28)/t21-/m1/s1. The lowest BCUT2D eigenvalue weighted by Gasteiger charge is -2.29. The summed E-state index contributed by atoms with van der Waals surface area (Å²) in [5.41, 5.74) is 4.22. The average Bonchev–Trinajstić information content (AvgIpc) is 3.19. The third-order valence-electron chi connectivity index (χ3n) is 5.18. The van der Waals surface area contributed by atoms with Crippen LogP contribution in [0.25, 0.3) is 0 Å². The van der Waals surface area contributed by atoms with Gasteiger partial charge < -0.3 is 10.1 Å². The van der Waals surface area contributed by atoms with Gasteiger partial charge in [-0.25, -0.2) is 9.48 Å². The second kappa shape index (κ2) is 9.63. The molecule has 32 heavy (non-hydrogen) atoms. The molecule has 0 unspecified atom stereocenters. The SMILES string of the molecule is C=CCOC(=O)C1=C(C)Nc2nc(SCc3ccccc3Cl)nn2[C@@H]1c1ccccc1C. The third kappa shape index (κ3) is 4.45. The number of nitrogens with zero attached hydrogens (tertiary/aromatic N) is 3. The molecule has 0 amide bonds. The van der Waals surface area contributed by atoms with Crippen molar-refractivity contribution < 1.29 is 9.53 Å². The van der Waals surface area contributed by atoms with Gasteiger partial charge in [0, 0.05) is 16.5 Å². The molecule has 3 aromatic rings. The van der Waals surface area contributed by atoms with Gasteiger partial charge in [0.05, 0.1) is 5.57 Å². The average molecular weight is 467 g/mol. The number of hydrogen-bond donors (Lipinski definition) is 1. The molecule has 164 valence electrons. The summed E-state index contributed by atoms with van der Waals surface area (Å²) in [4.78, 5) is 17.6. The first-order chi connectivity index (χ1) is 15.5. The predicted molar refractivity (Wildman–Crippen MR) is 128 cm³/mol. The summed E-state index contributed by atoms with van der Waals surface area (Å²) in [6, 6.07) is 15.2. The highest BCUT2D eigenvalue weighted by Gasteiger charge is 2.35. The summed E-state index contributed by atoms with van der Waals surface area (Å²) in [5.74, 6) is 0.811. The summed E-state index contributed by atoms with van der Waals surface area (Å²) in [7, 11) is 0. The Morgan fingerprint density at radius 3 is 2.75 bits per heavy atom. The fraction of sp³-hybridized carbons (Fsp3) is 0.208. The highest BCUT2D eigenvalue weighted by atomic mass is 35.5. The Balaban J connectivity index is 1.71. The molecule has 1 N–H and O–H groups in total. The van der Waals surface area contributed by atoms with E-state index in [9.17, 15) is 4.79 Å². The molecule has 0 spiro atoms. The first kappa shape index (κ1) is 22.2. The number of aryl methyl sites for hydroxylation is 1. The number of nitrogens with one attached hydrogen (secondary N) is 1. The fourth-order valence-corrected chi connectivity index (χ4v) is 4.72. The zero-order valence-electron chi connectivity index (χ0n) is 17.8. The molecule has 0 saturated carbocycles. The van der Waals surface area contributed by atoms with Crippen LogP contribution in [0.4, 0.5) is 5.95 Å². The van der Waals surface area contributed by atoms with Crippen LogP contribution in [0.2, 0.25) is 5.02 Å². The number of carbonyl (C=O) groups is 1. The van der Waals surface area contributed by atoms with Crippen LogP contribution >= 0.6 is 23.4 Å². The summed E-state index contributed by atoms with van der Waals surface area (Å²) in [6.07, 6.45) is 1.55. The van der Waals surface area contributed by atoms with Crippen molar-refractivity contribution in [2.24, 2.45) is 0 Å². The number of aromatic nitrogens is 3. The molecule has 1 aliphatic rings. The Labute approximate surface area is 196 Å². The van der Waals surface area contributed by atoms with E-state index >= 15 is 0 Å². The molecule has 2 aromatic carbocycles. The normalized spacial score (nSPS) is 15.2. The Bertz CT molecular complexity index is 1200. The van der Waals surface area contributed by atoms with Crippen LogP contribution in [-0.4, -0.2) is 27.3 Å². The highest BCUT2D eigenvalue weighted by Crippen LogP contribution is 2.38. The summed E-state index contributed by atoms with van der Waals surface area (Å²) in [6.45, 7) is 7.64. The molecule has 2 heterocycles. The molecule has 1 aromatic heterocycles. The molecule has 0 aliphatic carbocycles. The Kier molecular flexibility index (Phi) is 6.67. The molecule has 0 radical (unpaired) electrons. The molecule has 0 fully saturated rings. The summed E-state index contributed by atoms with van der Waals surface area (Å²) in [5, 5.41) is 9.27. The van der Waals surface area contributed by atoms with Crippen molar-refractivity contribution in [1.82, 2.24) is 14.8 Å². The van der Waals surface area contributed by atoms with E-state index in [4.69, 9.17) is 21.4 Å². The second-order valence-corrected chi connectivity index (χ2v) is 8.70. The van der Waals surface area contributed by atoms with E-state index in [-0.39, 0.29) is 6.61 Å². The van der Waals surface area contributed by atoms with Crippen LogP contribution in [0, 0.1) is 6.92 Å². The van der Waals surface area contributed by atoms with Crippen molar-refractivity contribution >= 4 is 35.3 Å². The lowest BCUT2D eigenvalue weighted by Crippen LogP contribution is -2.30. The van der Waals surface area contributed by atoms with Crippen LogP contribution in [0.3, 0.4) is 0 Å². The largest absolute Gasteiger partial charge is 0.458 e. The molecule has 0 saturated heterocycles. The number of carbonyl (C=O) groups excluding carboxylic acids is 1. The number of thioether (sulfide) groups is 1. The van der Waals surface area contributed by atoms with Gasteiger partial charge in [-0.3, -0.25) is 0 Å². The van der Waals surface area contributed by atoms with Crippen LogP contribution in [0.15, 0.2) is 77.6 Å². The Morgan fingerprint density at radius 1 is 1.25 bits per heavy atom. The predicted octanol–water partition coefficient (Wildman–Crippen LogP) is 5.55. The van der Waals surface area contributed by atoms with Crippen LogP contribution < -0.4 is 5.32 Å². The van der Waals surface area contributed by atoms with Gasteiger partial charge in [0.1, 0.15) is 12.6 Å². The summed E-state index contributed by atoms with van der Waals surface area (Å²) < 4.78 is 7.16. The van der Waals surface area contributed by atoms with Gasteiger partial charge in [0.15, 0.2) is 0 Å². The quantitative estimate of drug-likeness (QED) is 0.279. The fourth-order valence-electron chi connectivity index (χ4n) is 3.61. The minimum absolute atomic E-state index is 0.138. The van der Waals surface area contributed by atoms with Crippen molar-refractivity contribution in [2.75, 3.05) is 11.9 Å². The van der Waals surface area contributed by atoms with Crippen molar-refractivity contribution in [3.05, 3.63) is 94.2 Å². The van der Waals surface area contributed by atoms with Gasteiger partial charge in [-0.1, -0.05) is 78.5 Å². The maximum Gasteiger partial charge on any atom is 0.338 e. The Hall–Kier alpha value is -3.03. The van der Waals surface area contributed by atoms with Crippen LogP contribution in [-0.2, 0) is 15.3 Å². The van der Waals surface area contributed by atoms with E-state index in [0.29, 0.717) is 33.2 Å². The minimum Gasteiger partial charge on any atom is -0.458 e. The molecular weight excluding hydrogens is 444 g/mol. The monoisotopic (exact) mass is 466 g/mol. The molecule has 6 nitrogen and oxygen atoms in total. The smallest absolute Gasteiger partial charge is 0.338 e. The van der Waals surface area contributed by atoms with Gasteiger partial charge in [0.2, 0.25) is 11.1 Å². The van der Waals surface area contributed by atoms with Crippen LogP contribution in [0.1, 0.15) is 29.7 Å². The van der Waals surface area contributed by atoms with Crippen LogP contribution in [0.5, 0.6) is 0 Å². The first-order valence-electron chi connectivity index (χ1n) is 10.1. The number of halogens is 1. The minimum atomic E-state index is -0.452. The number of fused-ring (bicyclic) bond motifs is 1. The maximum absolute atomic E-state index is 13.0. The number of hydrogen-bond acceptors (Lipinski definition) is 6. The molecule has 1 atom stereocenters. The van der Waals surface area contributed by atoms with Crippen molar-refractivity contribution in [2.45, 2.75) is 30.8 Å². The van der Waals surface area contributed by atoms with E-state index in [1.807, 2.05) is 62.4 Å². The molecular formula is C24H23ClN4O2S. The second-order valence-electron chi connectivity index (χ2n) is 7.35. The lowest BCUT2D eigenvalue weighted by atomic mass is 9.93. The lowest BCUT2D eigenvalue weighted by molar-refractivity contribution is -0.138. The van der Waals surface area contributed by atoms with E-state index in [2.05, 4.69) is 16.9 Å². The third-order valence-corrected chi connectivity index (χ3v) is 6.44.